The Morgan fingerprint density at radius 1 is 1.52 bits per heavy atom. The predicted octanol–water partition coefficient (Wildman–Crippen LogP) is 4.07. The summed E-state index contributed by atoms with van der Waals surface area (Å²) in [6.45, 7) is 4.01. The van der Waals surface area contributed by atoms with Crippen molar-refractivity contribution in [2.24, 2.45) is 0 Å². The lowest BCUT2D eigenvalue weighted by atomic mass is 10.1. The maximum absolute atomic E-state index is 13.6. The fourth-order valence-electron chi connectivity index (χ4n) is 1.88. The summed E-state index contributed by atoms with van der Waals surface area (Å²) >= 11 is 4.52. The van der Waals surface area contributed by atoms with Crippen LogP contribution in [0.25, 0.3) is 5.69 Å². The zero-order valence-corrected chi connectivity index (χ0v) is 13.9. The smallest absolute Gasteiger partial charge is 0.313 e. The molecule has 0 saturated heterocycles. The number of hydrogen-bond donors (Lipinski definition) is 1. The molecule has 112 valence electrons. The Kier molecular flexibility index (Phi) is 5.05. The summed E-state index contributed by atoms with van der Waals surface area (Å²) in [4.78, 5) is 15.0. The molecular formula is C14H14BrFN2O2S. The van der Waals surface area contributed by atoms with Crippen molar-refractivity contribution in [2.45, 2.75) is 24.9 Å². The number of nitrogens with zero attached hydrogens (tertiary/aromatic N) is 2. The second-order valence-electron chi connectivity index (χ2n) is 4.73. The second-order valence-corrected chi connectivity index (χ2v) is 6.53. The van der Waals surface area contributed by atoms with Crippen LogP contribution in [0.4, 0.5) is 4.39 Å². The van der Waals surface area contributed by atoms with Crippen LogP contribution in [-0.4, -0.2) is 26.4 Å². The van der Waals surface area contributed by atoms with E-state index in [0.717, 1.165) is 21.9 Å². The maximum atomic E-state index is 13.6. The number of carboxylic acids is 1. The maximum Gasteiger partial charge on any atom is 0.313 e. The lowest BCUT2D eigenvalue weighted by Gasteiger charge is -2.15. The number of rotatable bonds is 5. The van der Waals surface area contributed by atoms with Crippen LogP contribution in [0.3, 0.4) is 0 Å². The highest BCUT2D eigenvalue weighted by atomic mass is 79.9. The normalized spacial score (nSPS) is 11.1. The number of imidazole rings is 1. The molecule has 1 N–H and O–H groups in total. The van der Waals surface area contributed by atoms with Gasteiger partial charge in [0, 0.05) is 10.2 Å². The van der Waals surface area contributed by atoms with Crippen LogP contribution in [0.2, 0.25) is 0 Å². The van der Waals surface area contributed by atoms with Gasteiger partial charge in [0.15, 0.2) is 5.16 Å². The third kappa shape index (κ3) is 3.65. The lowest BCUT2D eigenvalue weighted by Crippen LogP contribution is -2.06. The van der Waals surface area contributed by atoms with E-state index >= 15 is 0 Å². The van der Waals surface area contributed by atoms with Gasteiger partial charge in [0.1, 0.15) is 5.82 Å². The predicted molar refractivity (Wildman–Crippen MR) is 83.7 cm³/mol. The van der Waals surface area contributed by atoms with Crippen LogP contribution in [-0.2, 0) is 4.79 Å². The number of benzene rings is 1. The summed E-state index contributed by atoms with van der Waals surface area (Å²) in [5.41, 5.74) is 1.51. The van der Waals surface area contributed by atoms with Gasteiger partial charge in [-0.3, -0.25) is 9.36 Å². The molecule has 0 aliphatic carbocycles. The topological polar surface area (TPSA) is 55.1 Å². The molecule has 0 aliphatic rings. The van der Waals surface area contributed by atoms with Crippen LogP contribution < -0.4 is 0 Å². The van der Waals surface area contributed by atoms with Gasteiger partial charge in [0.25, 0.3) is 0 Å². The minimum Gasteiger partial charge on any atom is -0.481 e. The second kappa shape index (κ2) is 6.62. The number of hydrogen-bond acceptors (Lipinski definition) is 3. The highest BCUT2D eigenvalue weighted by molar-refractivity contribution is 9.10. The summed E-state index contributed by atoms with van der Waals surface area (Å²) in [7, 11) is 0. The molecule has 21 heavy (non-hydrogen) atoms. The van der Waals surface area contributed by atoms with Crippen molar-refractivity contribution < 1.29 is 14.3 Å². The molecule has 2 aromatic rings. The van der Waals surface area contributed by atoms with Crippen molar-refractivity contribution in [3.63, 3.8) is 0 Å². The molecule has 7 heteroatoms. The van der Waals surface area contributed by atoms with Gasteiger partial charge in [-0.1, -0.05) is 25.6 Å². The molecule has 1 aromatic heterocycles. The summed E-state index contributed by atoms with van der Waals surface area (Å²) in [6, 6.07) is 4.40. The molecule has 0 radical (unpaired) electrons. The fraction of sp³-hybridized carbons (Fsp3) is 0.286. The molecule has 4 nitrogen and oxygen atoms in total. The fourth-order valence-corrected chi connectivity index (χ4v) is 3.02. The van der Waals surface area contributed by atoms with Crippen molar-refractivity contribution in [2.75, 3.05) is 5.75 Å². The Morgan fingerprint density at radius 2 is 2.24 bits per heavy atom. The minimum atomic E-state index is -0.918. The van der Waals surface area contributed by atoms with E-state index in [-0.39, 0.29) is 17.5 Å². The number of aliphatic carboxylic acids is 1. The van der Waals surface area contributed by atoms with Gasteiger partial charge >= 0.3 is 5.97 Å². The first-order chi connectivity index (χ1) is 9.90. The minimum absolute atomic E-state index is 0.0958. The number of carboxylic acid groups (broad SMARTS) is 1. The summed E-state index contributed by atoms with van der Waals surface area (Å²) in [5.74, 6) is -1.20. The van der Waals surface area contributed by atoms with Crippen LogP contribution in [0, 0.1) is 5.82 Å². The van der Waals surface area contributed by atoms with Gasteiger partial charge < -0.3 is 5.11 Å². The van der Waals surface area contributed by atoms with Gasteiger partial charge in [0.2, 0.25) is 0 Å². The third-order valence-electron chi connectivity index (χ3n) is 2.82. The van der Waals surface area contributed by atoms with E-state index in [9.17, 15) is 9.18 Å². The SMILES string of the molecule is CC(C)c1cnc(SCC(=O)O)n1-c1cc(F)ccc1Br. The third-order valence-corrected chi connectivity index (χ3v) is 4.43. The van der Waals surface area contributed by atoms with E-state index in [1.807, 2.05) is 13.8 Å². The summed E-state index contributed by atoms with van der Waals surface area (Å²) in [6.07, 6.45) is 1.70. The lowest BCUT2D eigenvalue weighted by molar-refractivity contribution is -0.133. The monoisotopic (exact) mass is 372 g/mol. The number of aromatic nitrogens is 2. The van der Waals surface area contributed by atoms with E-state index in [2.05, 4.69) is 20.9 Å². The van der Waals surface area contributed by atoms with E-state index in [1.54, 1.807) is 16.8 Å². The standard InChI is InChI=1S/C14H14BrFN2O2S/c1-8(2)12-6-17-14(21-7-13(19)20)18(12)11-5-9(16)3-4-10(11)15/h3-6,8H,7H2,1-2H3,(H,19,20). The molecule has 0 bridgehead atoms. The zero-order chi connectivity index (χ0) is 15.6. The molecule has 0 saturated carbocycles. The Morgan fingerprint density at radius 3 is 2.86 bits per heavy atom. The molecule has 0 spiro atoms. The Hall–Kier alpha value is -1.34. The van der Waals surface area contributed by atoms with Crippen molar-refractivity contribution in [1.82, 2.24) is 9.55 Å². The zero-order valence-electron chi connectivity index (χ0n) is 11.5. The molecule has 1 heterocycles. The van der Waals surface area contributed by atoms with E-state index in [1.165, 1.54) is 12.1 Å². The van der Waals surface area contributed by atoms with E-state index in [4.69, 9.17) is 5.11 Å². The Balaban J connectivity index is 2.55. The van der Waals surface area contributed by atoms with Crippen molar-refractivity contribution in [1.29, 1.82) is 0 Å². The van der Waals surface area contributed by atoms with Gasteiger partial charge in [-0.15, -0.1) is 0 Å². The average Bonchev–Trinajstić information content (AvgIpc) is 2.83. The van der Waals surface area contributed by atoms with Crippen LogP contribution in [0.1, 0.15) is 25.5 Å². The van der Waals surface area contributed by atoms with E-state index in [0.29, 0.717) is 10.8 Å². The Bertz CT molecular complexity index is 673. The number of halogens is 2. The Labute approximate surface area is 134 Å². The van der Waals surface area contributed by atoms with Crippen LogP contribution >= 0.6 is 27.7 Å². The molecule has 1 aromatic carbocycles. The van der Waals surface area contributed by atoms with Gasteiger partial charge in [-0.05, 0) is 40.0 Å². The van der Waals surface area contributed by atoms with Gasteiger partial charge in [0.05, 0.1) is 17.6 Å². The van der Waals surface area contributed by atoms with E-state index < -0.39 is 5.97 Å². The van der Waals surface area contributed by atoms with Crippen molar-refractivity contribution in [3.8, 4) is 5.69 Å². The molecule has 0 aliphatic heterocycles. The quantitative estimate of drug-likeness (QED) is 0.803. The van der Waals surface area contributed by atoms with Gasteiger partial charge in [-0.25, -0.2) is 9.37 Å². The molecule has 0 atom stereocenters. The molecule has 0 fully saturated rings. The molecule has 0 amide bonds. The molecule has 0 unspecified atom stereocenters. The summed E-state index contributed by atoms with van der Waals surface area (Å²) in [5, 5.41) is 9.36. The first kappa shape index (κ1) is 16.0. The van der Waals surface area contributed by atoms with Gasteiger partial charge in [-0.2, -0.15) is 0 Å². The molecule has 2 rings (SSSR count). The van der Waals surface area contributed by atoms with Crippen molar-refractivity contribution >= 4 is 33.7 Å². The number of carbonyl (C=O) groups is 1. The highest BCUT2D eigenvalue weighted by Gasteiger charge is 2.18. The highest BCUT2D eigenvalue weighted by Crippen LogP contribution is 2.31. The first-order valence-corrected chi connectivity index (χ1v) is 8.05. The van der Waals surface area contributed by atoms with Crippen LogP contribution in [0.15, 0.2) is 34.0 Å². The van der Waals surface area contributed by atoms with Crippen molar-refractivity contribution in [3.05, 3.63) is 40.4 Å². The summed E-state index contributed by atoms with van der Waals surface area (Å²) < 4.78 is 16.1. The number of thioether (sulfide) groups is 1. The molecular weight excluding hydrogens is 359 g/mol. The average molecular weight is 373 g/mol. The van der Waals surface area contributed by atoms with Crippen LogP contribution in [0.5, 0.6) is 0 Å². The first-order valence-electron chi connectivity index (χ1n) is 6.27. The largest absolute Gasteiger partial charge is 0.481 e.